The highest BCUT2D eigenvalue weighted by molar-refractivity contribution is 5.35. The van der Waals surface area contributed by atoms with Crippen molar-refractivity contribution >= 4 is 0 Å². The van der Waals surface area contributed by atoms with Crippen molar-refractivity contribution in [3.05, 3.63) is 96.1 Å². The second-order valence-corrected chi connectivity index (χ2v) is 6.46. The van der Waals surface area contributed by atoms with Gasteiger partial charge in [-0.25, -0.2) is 0 Å². The third kappa shape index (κ3) is 6.15. The Kier molecular flexibility index (Phi) is 7.31. The highest BCUT2D eigenvalue weighted by Crippen LogP contribution is 2.24. The zero-order chi connectivity index (χ0) is 18.7. The summed E-state index contributed by atoms with van der Waals surface area (Å²) >= 11 is 0. The summed E-state index contributed by atoms with van der Waals surface area (Å²) in [6, 6.07) is 28.8. The summed E-state index contributed by atoms with van der Waals surface area (Å²) in [4.78, 5) is 0. The highest BCUT2D eigenvalue weighted by atomic mass is 16.5. The van der Waals surface area contributed by atoms with Crippen LogP contribution in [-0.2, 0) is 6.42 Å². The Morgan fingerprint density at radius 3 is 2.15 bits per heavy atom. The molecule has 27 heavy (non-hydrogen) atoms. The Balaban J connectivity index is 1.47. The van der Waals surface area contributed by atoms with Gasteiger partial charge < -0.3 is 14.8 Å². The third-order valence-corrected chi connectivity index (χ3v) is 4.45. The number of benzene rings is 3. The van der Waals surface area contributed by atoms with E-state index in [2.05, 4.69) is 54.7 Å². The first-order chi connectivity index (χ1) is 13.3. The number of ether oxygens (including phenoxy) is 2. The summed E-state index contributed by atoms with van der Waals surface area (Å²) in [6.45, 7) is 4.14. The van der Waals surface area contributed by atoms with Crippen molar-refractivity contribution in [3.8, 4) is 11.5 Å². The largest absolute Gasteiger partial charge is 0.490 e. The van der Waals surface area contributed by atoms with Gasteiger partial charge in [0.05, 0.1) is 0 Å². The Morgan fingerprint density at radius 2 is 1.37 bits per heavy atom. The normalized spacial score (nSPS) is 11.7. The lowest BCUT2D eigenvalue weighted by Gasteiger charge is -2.18. The molecule has 3 rings (SSSR count). The molecule has 1 atom stereocenters. The van der Waals surface area contributed by atoms with Gasteiger partial charge >= 0.3 is 0 Å². The van der Waals surface area contributed by atoms with Crippen LogP contribution < -0.4 is 14.8 Å². The minimum atomic E-state index is 0.222. The Hall–Kier alpha value is -2.78. The minimum Gasteiger partial charge on any atom is -0.490 e. The Morgan fingerprint density at radius 1 is 0.741 bits per heavy atom. The highest BCUT2D eigenvalue weighted by Gasteiger charge is 2.10. The van der Waals surface area contributed by atoms with Crippen molar-refractivity contribution in [2.24, 2.45) is 0 Å². The van der Waals surface area contributed by atoms with Gasteiger partial charge in [-0.3, -0.25) is 0 Å². The third-order valence-electron chi connectivity index (χ3n) is 4.45. The van der Waals surface area contributed by atoms with E-state index in [9.17, 15) is 0 Å². The maximum Gasteiger partial charge on any atom is 0.124 e. The van der Waals surface area contributed by atoms with Gasteiger partial charge in [0.1, 0.15) is 24.7 Å². The molecule has 1 N–H and O–H groups in total. The molecule has 0 radical (unpaired) electrons. The molecule has 0 heterocycles. The van der Waals surface area contributed by atoms with Gasteiger partial charge in [0.2, 0.25) is 0 Å². The van der Waals surface area contributed by atoms with Gasteiger partial charge in [0.25, 0.3) is 0 Å². The van der Waals surface area contributed by atoms with Gasteiger partial charge in [-0.2, -0.15) is 0 Å². The topological polar surface area (TPSA) is 30.5 Å². The van der Waals surface area contributed by atoms with Crippen LogP contribution >= 0.6 is 0 Å². The molecule has 0 saturated heterocycles. The van der Waals surface area contributed by atoms with Crippen molar-refractivity contribution in [2.45, 2.75) is 19.4 Å². The van der Waals surface area contributed by atoms with E-state index in [0.717, 1.165) is 24.5 Å². The van der Waals surface area contributed by atoms with E-state index >= 15 is 0 Å². The summed E-state index contributed by atoms with van der Waals surface area (Å²) in [5.74, 6) is 1.78. The van der Waals surface area contributed by atoms with Crippen LogP contribution in [0, 0.1) is 0 Å². The van der Waals surface area contributed by atoms with Gasteiger partial charge in [-0.15, -0.1) is 0 Å². The molecule has 0 amide bonds. The molecule has 0 bridgehead atoms. The van der Waals surface area contributed by atoms with Crippen LogP contribution in [0.3, 0.4) is 0 Å². The van der Waals surface area contributed by atoms with E-state index in [4.69, 9.17) is 9.47 Å². The molecule has 0 spiro atoms. The zero-order valence-electron chi connectivity index (χ0n) is 15.8. The van der Waals surface area contributed by atoms with E-state index in [0.29, 0.717) is 13.2 Å². The summed E-state index contributed by atoms with van der Waals surface area (Å²) < 4.78 is 11.7. The van der Waals surface area contributed by atoms with Crippen molar-refractivity contribution in [2.75, 3.05) is 19.8 Å². The van der Waals surface area contributed by atoms with Gasteiger partial charge in [0.15, 0.2) is 0 Å². The maximum atomic E-state index is 5.98. The van der Waals surface area contributed by atoms with Gasteiger partial charge in [-0.05, 0) is 43.7 Å². The van der Waals surface area contributed by atoms with Crippen molar-refractivity contribution < 1.29 is 9.47 Å². The fourth-order valence-electron chi connectivity index (χ4n) is 2.99. The van der Waals surface area contributed by atoms with Crippen LogP contribution in [0.15, 0.2) is 84.9 Å². The monoisotopic (exact) mass is 361 g/mol. The second-order valence-electron chi connectivity index (χ2n) is 6.46. The molecular weight excluding hydrogens is 334 g/mol. The first kappa shape index (κ1) is 19.0. The molecule has 1 unspecified atom stereocenters. The fraction of sp³-hybridized carbons (Fsp3) is 0.250. The van der Waals surface area contributed by atoms with Crippen molar-refractivity contribution in [3.63, 3.8) is 0 Å². The lowest BCUT2D eigenvalue weighted by Crippen LogP contribution is -2.22. The van der Waals surface area contributed by atoms with Crippen molar-refractivity contribution in [1.29, 1.82) is 0 Å². The van der Waals surface area contributed by atoms with Crippen LogP contribution in [0.25, 0.3) is 0 Å². The van der Waals surface area contributed by atoms with Crippen LogP contribution in [-0.4, -0.2) is 19.8 Å². The number of para-hydroxylation sites is 2. The van der Waals surface area contributed by atoms with E-state index in [1.54, 1.807) is 0 Å². The van der Waals surface area contributed by atoms with E-state index in [1.807, 2.05) is 42.5 Å². The van der Waals surface area contributed by atoms with Crippen LogP contribution in [0.4, 0.5) is 0 Å². The van der Waals surface area contributed by atoms with E-state index < -0.39 is 0 Å². The average Bonchev–Trinajstić information content (AvgIpc) is 2.73. The molecule has 0 fully saturated rings. The molecule has 3 aromatic rings. The Bertz CT molecular complexity index is 790. The predicted octanol–water partition coefficient (Wildman–Crippen LogP) is 5.04. The SMILES string of the molecule is CC(NCCc1ccccc1)c1ccccc1OCCOc1ccccc1. The fourth-order valence-corrected chi connectivity index (χ4v) is 2.99. The van der Waals surface area contributed by atoms with Gasteiger partial charge in [0, 0.05) is 11.6 Å². The second kappa shape index (κ2) is 10.4. The van der Waals surface area contributed by atoms with Crippen LogP contribution in [0.5, 0.6) is 11.5 Å². The first-order valence-corrected chi connectivity index (χ1v) is 9.50. The van der Waals surface area contributed by atoms with E-state index in [1.165, 1.54) is 11.1 Å². The number of rotatable bonds is 10. The van der Waals surface area contributed by atoms with Crippen LogP contribution in [0.2, 0.25) is 0 Å². The first-order valence-electron chi connectivity index (χ1n) is 9.50. The standard InChI is InChI=1S/C24H27NO2/c1-20(25-17-16-21-10-4-2-5-11-21)23-14-8-9-15-24(23)27-19-18-26-22-12-6-3-7-13-22/h2-15,20,25H,16-19H2,1H3. The smallest absolute Gasteiger partial charge is 0.124 e. The molecule has 0 aliphatic rings. The zero-order valence-corrected chi connectivity index (χ0v) is 15.8. The molecule has 0 aliphatic heterocycles. The lowest BCUT2D eigenvalue weighted by molar-refractivity contribution is 0.215. The van der Waals surface area contributed by atoms with E-state index in [-0.39, 0.29) is 6.04 Å². The summed E-state index contributed by atoms with van der Waals surface area (Å²) in [7, 11) is 0. The number of hydrogen-bond donors (Lipinski definition) is 1. The van der Waals surface area contributed by atoms with Crippen molar-refractivity contribution in [1.82, 2.24) is 5.32 Å². The maximum absolute atomic E-state index is 5.98. The molecule has 140 valence electrons. The average molecular weight is 361 g/mol. The minimum absolute atomic E-state index is 0.222. The summed E-state index contributed by atoms with van der Waals surface area (Å²) in [5, 5.41) is 3.59. The predicted molar refractivity (Wildman–Crippen MR) is 110 cm³/mol. The molecule has 3 heteroatoms. The number of hydrogen-bond acceptors (Lipinski definition) is 3. The lowest BCUT2D eigenvalue weighted by atomic mass is 10.1. The number of nitrogens with one attached hydrogen (secondary N) is 1. The molecular formula is C24H27NO2. The molecule has 0 saturated carbocycles. The van der Waals surface area contributed by atoms with Gasteiger partial charge in [-0.1, -0.05) is 66.7 Å². The molecule has 3 aromatic carbocycles. The molecule has 0 aliphatic carbocycles. The molecule has 0 aromatic heterocycles. The summed E-state index contributed by atoms with van der Waals surface area (Å²) in [5.41, 5.74) is 2.52. The molecule has 3 nitrogen and oxygen atoms in total. The summed E-state index contributed by atoms with van der Waals surface area (Å²) in [6.07, 6.45) is 1.01. The Labute approximate surface area is 162 Å². The quantitative estimate of drug-likeness (QED) is 0.513. The van der Waals surface area contributed by atoms with Crippen LogP contribution in [0.1, 0.15) is 24.1 Å².